The van der Waals surface area contributed by atoms with E-state index in [1.54, 1.807) is 0 Å². The predicted octanol–water partition coefficient (Wildman–Crippen LogP) is 4.82. The topological polar surface area (TPSA) is 44.0 Å². The Bertz CT molecular complexity index is 408. The fourth-order valence-corrected chi connectivity index (χ4v) is 5.82. The van der Waals surface area contributed by atoms with E-state index in [-0.39, 0.29) is 0 Å². The van der Waals surface area contributed by atoms with Gasteiger partial charge in [0.25, 0.3) is 0 Å². The van der Waals surface area contributed by atoms with E-state index in [1.165, 1.54) is 38.5 Å². The Morgan fingerprint density at radius 1 is 0.952 bits per heavy atom. The molecule has 4 unspecified atom stereocenters. The van der Waals surface area contributed by atoms with Crippen molar-refractivity contribution in [2.24, 2.45) is 23.2 Å². The molecule has 2 heteroatoms. The van der Waals surface area contributed by atoms with Crippen LogP contribution in [-0.4, -0.2) is 10.7 Å². The Hall–Kier alpha value is -0.550. The summed E-state index contributed by atoms with van der Waals surface area (Å²) in [6, 6.07) is 2.64. The van der Waals surface area contributed by atoms with E-state index in [4.69, 9.17) is 0 Å². The van der Waals surface area contributed by atoms with Gasteiger partial charge in [-0.1, -0.05) is 51.9 Å². The van der Waals surface area contributed by atoms with Crippen molar-refractivity contribution in [1.29, 1.82) is 5.26 Å². The zero-order valence-electron chi connectivity index (χ0n) is 13.6. The Balaban J connectivity index is 1.89. The molecule has 0 aromatic heterocycles. The highest BCUT2D eigenvalue weighted by atomic mass is 16.3. The van der Waals surface area contributed by atoms with Crippen molar-refractivity contribution in [2.45, 2.75) is 89.6 Å². The van der Waals surface area contributed by atoms with Crippen molar-refractivity contribution in [3.05, 3.63) is 0 Å². The molecule has 0 spiro atoms. The van der Waals surface area contributed by atoms with Crippen LogP contribution in [0.3, 0.4) is 0 Å². The molecule has 4 atom stereocenters. The first-order valence-electron chi connectivity index (χ1n) is 9.25. The Kier molecular flexibility index (Phi) is 4.33. The molecule has 0 heterocycles. The van der Waals surface area contributed by atoms with Crippen LogP contribution in [0.5, 0.6) is 0 Å². The average Bonchev–Trinajstić information content (AvgIpc) is 2.92. The fourth-order valence-electron chi connectivity index (χ4n) is 5.82. The molecule has 0 radical (unpaired) electrons. The highest BCUT2D eigenvalue weighted by molar-refractivity contribution is 5.17. The summed E-state index contributed by atoms with van der Waals surface area (Å²) in [5.41, 5.74) is -1.15. The fraction of sp³-hybridized carbons (Fsp3) is 0.947. The average molecular weight is 289 g/mol. The number of nitrogens with zero attached hydrogens (tertiary/aromatic N) is 1. The summed E-state index contributed by atoms with van der Waals surface area (Å²) >= 11 is 0. The van der Waals surface area contributed by atoms with Crippen molar-refractivity contribution < 1.29 is 5.11 Å². The van der Waals surface area contributed by atoms with Crippen LogP contribution in [0.25, 0.3) is 0 Å². The third-order valence-corrected chi connectivity index (χ3v) is 6.96. The molecule has 21 heavy (non-hydrogen) atoms. The highest BCUT2D eigenvalue weighted by Crippen LogP contribution is 2.58. The minimum atomic E-state index is -0.702. The lowest BCUT2D eigenvalue weighted by atomic mass is 9.55. The molecule has 0 saturated heterocycles. The summed E-state index contributed by atoms with van der Waals surface area (Å²) in [5, 5.41) is 21.7. The number of aliphatic hydroxyl groups is 1. The van der Waals surface area contributed by atoms with Crippen LogP contribution in [0.4, 0.5) is 0 Å². The molecule has 2 nitrogen and oxygen atoms in total. The van der Waals surface area contributed by atoms with E-state index in [0.29, 0.717) is 17.8 Å². The van der Waals surface area contributed by atoms with E-state index < -0.39 is 11.0 Å². The molecule has 0 aliphatic heterocycles. The molecule has 3 rings (SSSR count). The molecule has 3 aliphatic carbocycles. The minimum Gasteiger partial charge on any atom is -0.388 e. The first-order chi connectivity index (χ1) is 10.1. The molecule has 3 fully saturated rings. The third-order valence-electron chi connectivity index (χ3n) is 6.96. The molecule has 3 aliphatic rings. The largest absolute Gasteiger partial charge is 0.388 e. The van der Waals surface area contributed by atoms with Crippen LogP contribution in [-0.2, 0) is 0 Å². The number of rotatable bonds is 2. The Labute approximate surface area is 129 Å². The SMILES string of the molecule is CC1CCC(C#N)(C2(O)CCCCC2C2CCCCC2)C1. The standard InChI is InChI=1S/C19H31NO/c1-15-10-12-18(13-15,14-20)19(21)11-6-5-9-17(19)16-7-3-2-4-8-16/h15-17,21H,2-13H2,1H3. The molecular weight excluding hydrogens is 258 g/mol. The first kappa shape index (κ1) is 15.3. The van der Waals surface area contributed by atoms with Gasteiger partial charge in [-0.2, -0.15) is 5.26 Å². The van der Waals surface area contributed by atoms with Gasteiger partial charge in [0, 0.05) is 0 Å². The summed E-state index contributed by atoms with van der Waals surface area (Å²) < 4.78 is 0. The van der Waals surface area contributed by atoms with E-state index in [9.17, 15) is 10.4 Å². The second-order valence-corrected chi connectivity index (χ2v) is 8.22. The maximum Gasteiger partial charge on any atom is 0.0865 e. The molecule has 118 valence electrons. The van der Waals surface area contributed by atoms with E-state index in [2.05, 4.69) is 13.0 Å². The lowest BCUT2D eigenvalue weighted by Crippen LogP contribution is -2.55. The molecule has 0 aromatic rings. The summed E-state index contributed by atoms with van der Waals surface area (Å²) in [6.45, 7) is 2.25. The van der Waals surface area contributed by atoms with Crippen molar-refractivity contribution in [3.63, 3.8) is 0 Å². The van der Waals surface area contributed by atoms with Gasteiger partial charge in [0.05, 0.1) is 17.1 Å². The number of hydrogen-bond acceptors (Lipinski definition) is 2. The smallest absolute Gasteiger partial charge is 0.0865 e. The van der Waals surface area contributed by atoms with Gasteiger partial charge < -0.3 is 5.11 Å². The van der Waals surface area contributed by atoms with Crippen LogP contribution in [0.1, 0.15) is 84.0 Å². The van der Waals surface area contributed by atoms with Crippen molar-refractivity contribution in [1.82, 2.24) is 0 Å². The Morgan fingerprint density at radius 3 is 2.29 bits per heavy atom. The Morgan fingerprint density at radius 2 is 1.67 bits per heavy atom. The molecule has 1 N–H and O–H groups in total. The molecular formula is C19H31NO. The maximum atomic E-state index is 11.7. The summed E-state index contributed by atoms with van der Waals surface area (Å²) in [7, 11) is 0. The van der Waals surface area contributed by atoms with Crippen LogP contribution in [0.2, 0.25) is 0 Å². The van der Waals surface area contributed by atoms with Crippen molar-refractivity contribution in [3.8, 4) is 6.07 Å². The van der Waals surface area contributed by atoms with Crippen molar-refractivity contribution >= 4 is 0 Å². The monoisotopic (exact) mass is 289 g/mol. The lowest BCUT2D eigenvalue weighted by Gasteiger charge is -2.52. The quantitative estimate of drug-likeness (QED) is 0.792. The highest BCUT2D eigenvalue weighted by Gasteiger charge is 2.59. The minimum absolute atomic E-state index is 0.386. The molecule has 3 saturated carbocycles. The van der Waals surface area contributed by atoms with Gasteiger partial charge in [-0.25, -0.2) is 0 Å². The normalized spacial score (nSPS) is 45.4. The van der Waals surface area contributed by atoms with Crippen LogP contribution >= 0.6 is 0 Å². The number of hydrogen-bond donors (Lipinski definition) is 1. The van der Waals surface area contributed by atoms with Gasteiger partial charge in [-0.05, 0) is 49.9 Å². The summed E-state index contributed by atoms with van der Waals surface area (Å²) in [6.07, 6.45) is 13.9. The summed E-state index contributed by atoms with van der Waals surface area (Å²) in [5.74, 6) is 1.66. The first-order valence-corrected chi connectivity index (χ1v) is 9.25. The van der Waals surface area contributed by atoms with Crippen LogP contribution in [0.15, 0.2) is 0 Å². The van der Waals surface area contributed by atoms with Gasteiger partial charge in [0.15, 0.2) is 0 Å². The van der Waals surface area contributed by atoms with Gasteiger partial charge >= 0.3 is 0 Å². The van der Waals surface area contributed by atoms with Gasteiger partial charge in [0.2, 0.25) is 0 Å². The van der Waals surface area contributed by atoms with Crippen LogP contribution < -0.4 is 0 Å². The molecule has 0 aromatic carbocycles. The molecule has 0 bridgehead atoms. The van der Waals surface area contributed by atoms with Crippen molar-refractivity contribution in [2.75, 3.05) is 0 Å². The second kappa shape index (κ2) is 5.92. The van der Waals surface area contributed by atoms with Gasteiger partial charge in [0.1, 0.15) is 0 Å². The third kappa shape index (κ3) is 2.52. The number of nitriles is 1. The molecule has 0 amide bonds. The lowest BCUT2D eigenvalue weighted by molar-refractivity contribution is -0.144. The summed E-state index contributed by atoms with van der Waals surface area (Å²) in [4.78, 5) is 0. The maximum absolute atomic E-state index is 11.7. The second-order valence-electron chi connectivity index (χ2n) is 8.22. The van der Waals surface area contributed by atoms with Gasteiger partial charge in [-0.15, -0.1) is 0 Å². The van der Waals surface area contributed by atoms with E-state index in [0.717, 1.165) is 38.5 Å². The van der Waals surface area contributed by atoms with Crippen LogP contribution in [0, 0.1) is 34.5 Å². The predicted molar refractivity (Wildman–Crippen MR) is 84.5 cm³/mol. The van der Waals surface area contributed by atoms with E-state index >= 15 is 0 Å². The van der Waals surface area contributed by atoms with Gasteiger partial charge in [-0.3, -0.25) is 0 Å². The zero-order valence-corrected chi connectivity index (χ0v) is 13.6. The zero-order chi connectivity index (χ0) is 14.9. The van der Waals surface area contributed by atoms with E-state index in [1.807, 2.05) is 0 Å².